The third-order valence-corrected chi connectivity index (χ3v) is 5.29. The average Bonchev–Trinajstić information content (AvgIpc) is 2.88. The highest BCUT2D eigenvalue weighted by Crippen LogP contribution is 2.30. The van der Waals surface area contributed by atoms with Gasteiger partial charge in [0.2, 0.25) is 5.91 Å². The number of amides is 2. The van der Waals surface area contributed by atoms with Gasteiger partial charge >= 0.3 is 6.18 Å². The molecule has 2 amide bonds. The smallest absolute Gasteiger partial charge is 0.400 e. The number of alkyl halides is 3. The van der Waals surface area contributed by atoms with E-state index in [-0.39, 0.29) is 30.8 Å². The van der Waals surface area contributed by atoms with Gasteiger partial charge in [0.05, 0.1) is 5.56 Å². The normalized spacial score (nSPS) is 15.3. The minimum atomic E-state index is -4.50. The Labute approximate surface area is 213 Å². The number of rotatable bonds is 7. The summed E-state index contributed by atoms with van der Waals surface area (Å²) in [7, 11) is 1.00. The van der Waals surface area contributed by atoms with Crippen LogP contribution in [0.5, 0.6) is 0 Å². The minimum Gasteiger partial charge on any atom is -0.400 e. The highest BCUT2D eigenvalue weighted by atomic mass is 19.4. The monoisotopic (exact) mass is 525 g/mol. The Morgan fingerprint density at radius 3 is 2.30 bits per heavy atom. The van der Waals surface area contributed by atoms with Crippen LogP contribution in [0.4, 0.5) is 23.4 Å². The Balaban J connectivity index is 0.00000163. The van der Waals surface area contributed by atoms with Crippen molar-refractivity contribution in [1.29, 1.82) is 0 Å². The fraction of sp³-hybridized carbons (Fsp3) is 0.385. The van der Waals surface area contributed by atoms with Crippen molar-refractivity contribution in [3.05, 3.63) is 71.2 Å². The molecule has 0 aliphatic carbocycles. The molecule has 0 saturated carbocycles. The van der Waals surface area contributed by atoms with Crippen molar-refractivity contribution >= 4 is 23.9 Å². The molecular weight excluding hydrogens is 494 g/mol. The first kappa shape index (κ1) is 31.4. The number of halogens is 4. The van der Waals surface area contributed by atoms with Crippen LogP contribution in [-0.4, -0.2) is 52.8 Å². The number of nitrogens with zero attached hydrogens (tertiary/aromatic N) is 3. The van der Waals surface area contributed by atoms with E-state index >= 15 is 0 Å². The Hall–Kier alpha value is -3.60. The molecule has 1 aliphatic rings. The van der Waals surface area contributed by atoms with Gasteiger partial charge in [0.1, 0.15) is 18.9 Å². The molecule has 1 atom stereocenters. The fourth-order valence-electron chi connectivity index (χ4n) is 3.55. The molecule has 7 nitrogen and oxygen atoms in total. The molecule has 0 radical (unpaired) electrons. The molecule has 202 valence electrons. The van der Waals surface area contributed by atoms with Crippen molar-refractivity contribution in [2.45, 2.75) is 52.4 Å². The van der Waals surface area contributed by atoms with Gasteiger partial charge in [0, 0.05) is 19.9 Å². The van der Waals surface area contributed by atoms with Gasteiger partial charge < -0.3 is 10.0 Å². The van der Waals surface area contributed by atoms with E-state index in [1.54, 1.807) is 6.92 Å². The van der Waals surface area contributed by atoms with Crippen LogP contribution in [0.25, 0.3) is 0 Å². The van der Waals surface area contributed by atoms with E-state index in [0.29, 0.717) is 17.4 Å². The van der Waals surface area contributed by atoms with Crippen molar-refractivity contribution in [3.8, 4) is 0 Å². The van der Waals surface area contributed by atoms with Crippen molar-refractivity contribution < 1.29 is 37.1 Å². The number of pyridine rings is 1. The molecule has 0 spiro atoms. The molecule has 0 bridgehead atoms. The number of allylic oxidation sites excluding steroid dienone is 1. The maximum absolute atomic E-state index is 14.5. The van der Waals surface area contributed by atoms with E-state index in [4.69, 9.17) is 5.11 Å². The SMILES string of the molecule is C=C(C=O)CCC1C(=O)N(c2ncc(C)cc2F)CC(=O)N1Cc1ccc(C(F)(F)F)cc1.CC.CO. The zero-order valence-corrected chi connectivity index (χ0v) is 21.2. The first-order valence-corrected chi connectivity index (χ1v) is 11.5. The highest BCUT2D eigenvalue weighted by molar-refractivity contribution is 6.06. The molecule has 1 aromatic carbocycles. The molecule has 37 heavy (non-hydrogen) atoms. The van der Waals surface area contributed by atoms with Gasteiger partial charge in [-0.15, -0.1) is 0 Å². The molecule has 1 aromatic heterocycles. The molecular formula is C26H31F4N3O4. The van der Waals surface area contributed by atoms with Crippen LogP contribution in [-0.2, 0) is 27.1 Å². The van der Waals surface area contributed by atoms with E-state index < -0.39 is 42.0 Å². The van der Waals surface area contributed by atoms with E-state index in [2.05, 4.69) is 11.6 Å². The lowest BCUT2D eigenvalue weighted by Crippen LogP contribution is -2.60. The predicted molar refractivity (Wildman–Crippen MR) is 131 cm³/mol. The number of aryl methyl sites for hydroxylation is 1. The number of hydrogen-bond donors (Lipinski definition) is 1. The third kappa shape index (κ3) is 8.21. The van der Waals surface area contributed by atoms with Crippen LogP contribution in [0.1, 0.15) is 43.4 Å². The Morgan fingerprint density at radius 1 is 1.19 bits per heavy atom. The third-order valence-electron chi connectivity index (χ3n) is 5.29. The quantitative estimate of drug-likeness (QED) is 0.328. The van der Waals surface area contributed by atoms with Crippen LogP contribution in [0.15, 0.2) is 48.7 Å². The van der Waals surface area contributed by atoms with Gasteiger partial charge in [-0.05, 0) is 54.7 Å². The van der Waals surface area contributed by atoms with Gasteiger partial charge in [0.15, 0.2) is 11.6 Å². The van der Waals surface area contributed by atoms with E-state index in [0.717, 1.165) is 24.1 Å². The second-order valence-electron chi connectivity index (χ2n) is 7.79. The number of aromatic nitrogens is 1. The van der Waals surface area contributed by atoms with Crippen LogP contribution < -0.4 is 4.90 Å². The molecule has 2 aromatic rings. The summed E-state index contributed by atoms with van der Waals surface area (Å²) >= 11 is 0. The lowest BCUT2D eigenvalue weighted by atomic mass is 10.0. The Bertz CT molecular complexity index is 1090. The van der Waals surface area contributed by atoms with Gasteiger partial charge in [-0.3, -0.25) is 19.3 Å². The van der Waals surface area contributed by atoms with Crippen molar-refractivity contribution in [2.75, 3.05) is 18.6 Å². The predicted octanol–water partition coefficient (Wildman–Crippen LogP) is 4.46. The standard InChI is InChI=1S/C23H21F4N3O3.C2H6.CH4O/c1-14(13-31)3-8-19-22(33)30(21-18(24)9-15(2)10-28-21)12-20(32)29(19)11-16-4-6-17(7-5-16)23(25,26)27;2*1-2/h4-7,9-10,13,19H,1,3,8,11-12H2,2H3;1-2H3;2H,1H3. The van der Waals surface area contributed by atoms with Gasteiger partial charge in [-0.25, -0.2) is 9.37 Å². The Kier molecular flexibility index (Phi) is 12.1. The van der Waals surface area contributed by atoms with E-state index in [1.807, 2.05) is 13.8 Å². The molecule has 1 unspecified atom stereocenters. The number of hydrogen-bond acceptors (Lipinski definition) is 5. The van der Waals surface area contributed by atoms with Crippen molar-refractivity contribution in [1.82, 2.24) is 9.88 Å². The van der Waals surface area contributed by atoms with Crippen molar-refractivity contribution in [3.63, 3.8) is 0 Å². The first-order chi connectivity index (χ1) is 17.5. The number of carbonyl (C=O) groups excluding carboxylic acids is 3. The van der Waals surface area contributed by atoms with E-state index in [9.17, 15) is 31.9 Å². The second kappa shape index (κ2) is 14.2. The summed E-state index contributed by atoms with van der Waals surface area (Å²) < 4.78 is 53.0. The number of aliphatic hydroxyl groups is 1. The summed E-state index contributed by atoms with van der Waals surface area (Å²) in [5.74, 6) is -2.18. The largest absolute Gasteiger partial charge is 0.416 e. The maximum Gasteiger partial charge on any atom is 0.416 e. The van der Waals surface area contributed by atoms with Crippen LogP contribution in [0.3, 0.4) is 0 Å². The number of aldehydes is 1. The molecule has 1 saturated heterocycles. The lowest BCUT2D eigenvalue weighted by Gasteiger charge is -2.40. The number of benzene rings is 1. The Morgan fingerprint density at radius 2 is 1.78 bits per heavy atom. The summed E-state index contributed by atoms with van der Waals surface area (Å²) in [6.45, 7) is 8.60. The van der Waals surface area contributed by atoms with Crippen LogP contribution in [0.2, 0.25) is 0 Å². The minimum absolute atomic E-state index is 0.0345. The topological polar surface area (TPSA) is 90.8 Å². The van der Waals surface area contributed by atoms with Crippen molar-refractivity contribution in [2.24, 2.45) is 0 Å². The average molecular weight is 526 g/mol. The van der Waals surface area contributed by atoms with Gasteiger partial charge in [-0.1, -0.05) is 32.6 Å². The molecule has 1 aliphatic heterocycles. The van der Waals surface area contributed by atoms with E-state index in [1.165, 1.54) is 29.3 Å². The number of anilines is 1. The molecule has 1 N–H and O–H groups in total. The second-order valence-corrected chi connectivity index (χ2v) is 7.79. The molecule has 3 rings (SSSR count). The fourth-order valence-corrected chi connectivity index (χ4v) is 3.55. The number of carbonyl (C=O) groups is 3. The molecule has 11 heteroatoms. The molecule has 1 fully saturated rings. The highest BCUT2D eigenvalue weighted by Gasteiger charge is 2.41. The van der Waals surface area contributed by atoms with Gasteiger partial charge in [0.25, 0.3) is 5.91 Å². The van der Waals surface area contributed by atoms with Crippen LogP contribution >= 0.6 is 0 Å². The zero-order valence-electron chi connectivity index (χ0n) is 21.2. The zero-order chi connectivity index (χ0) is 28.3. The molecule has 2 heterocycles. The summed E-state index contributed by atoms with van der Waals surface area (Å²) in [6.07, 6.45) is -2.46. The summed E-state index contributed by atoms with van der Waals surface area (Å²) in [4.78, 5) is 43.3. The maximum atomic E-state index is 14.5. The first-order valence-electron chi connectivity index (χ1n) is 11.5. The number of piperazine rings is 1. The summed E-state index contributed by atoms with van der Waals surface area (Å²) in [5, 5.41) is 7.00. The summed E-state index contributed by atoms with van der Waals surface area (Å²) in [5.41, 5.74) is 0.297. The lowest BCUT2D eigenvalue weighted by molar-refractivity contribution is -0.144. The van der Waals surface area contributed by atoms with Gasteiger partial charge in [-0.2, -0.15) is 13.2 Å². The summed E-state index contributed by atoms with van der Waals surface area (Å²) in [6, 6.07) is 4.37. The van der Waals surface area contributed by atoms with Crippen LogP contribution in [0, 0.1) is 12.7 Å². The number of aliphatic hydroxyl groups excluding tert-OH is 1.